The molecule has 3 aliphatic rings. The molecule has 7 nitrogen and oxygen atoms in total. The number of rotatable bonds is 2. The Hall–Kier alpha value is -1.70. The second-order valence-corrected chi connectivity index (χ2v) is 4.71. The highest BCUT2D eigenvalue weighted by molar-refractivity contribution is 5.81. The molecule has 3 rings (SSSR count). The van der Waals surface area contributed by atoms with Gasteiger partial charge in [0.25, 0.3) is 5.82 Å². The summed E-state index contributed by atoms with van der Waals surface area (Å²) in [6, 6.07) is -0.284. The van der Waals surface area contributed by atoms with Crippen molar-refractivity contribution in [3.8, 4) is 0 Å². The molecule has 0 amide bonds. The zero-order valence-electron chi connectivity index (χ0n) is 9.78. The Morgan fingerprint density at radius 1 is 1.56 bits per heavy atom. The highest BCUT2D eigenvalue weighted by Crippen LogP contribution is 2.35. The molecule has 2 unspecified atom stereocenters. The van der Waals surface area contributed by atoms with E-state index in [9.17, 15) is 5.21 Å². The van der Waals surface area contributed by atoms with E-state index in [1.807, 2.05) is 12.2 Å². The summed E-state index contributed by atoms with van der Waals surface area (Å²) in [6.07, 6.45) is 5.68. The number of aliphatic hydroxyl groups is 1. The number of nitrogens with one attached hydrogen (secondary N) is 1. The largest absolute Gasteiger partial charge is 0.620 e. The van der Waals surface area contributed by atoms with Crippen LogP contribution < -0.4 is 11.1 Å². The van der Waals surface area contributed by atoms with Crippen molar-refractivity contribution in [2.45, 2.75) is 12.5 Å². The minimum atomic E-state index is -0.704. The normalized spacial score (nSPS) is 37.8. The number of hydrogen-bond donors (Lipinski definition) is 3. The minimum absolute atomic E-state index is 0.0417. The van der Waals surface area contributed by atoms with E-state index < -0.39 is 4.65 Å². The lowest BCUT2D eigenvalue weighted by Crippen LogP contribution is -2.48. The molecule has 4 N–H and O–H groups in total. The van der Waals surface area contributed by atoms with Crippen molar-refractivity contribution in [3.05, 3.63) is 28.9 Å². The van der Waals surface area contributed by atoms with Gasteiger partial charge >= 0.3 is 0 Å². The lowest BCUT2D eigenvalue weighted by Gasteiger charge is -2.40. The van der Waals surface area contributed by atoms with E-state index in [1.54, 1.807) is 0 Å². The molecule has 18 heavy (non-hydrogen) atoms. The summed E-state index contributed by atoms with van der Waals surface area (Å²) in [5.41, 5.74) is 6.25. The van der Waals surface area contributed by atoms with Gasteiger partial charge in [-0.1, -0.05) is 6.08 Å². The summed E-state index contributed by atoms with van der Waals surface area (Å²) in [5.74, 6) is 0.651. The Morgan fingerprint density at radius 3 is 3.11 bits per heavy atom. The summed E-state index contributed by atoms with van der Waals surface area (Å²) < 4.78 is -0.704. The third-order valence-electron chi connectivity index (χ3n) is 3.51. The Balaban J connectivity index is 1.91. The molecule has 1 aliphatic carbocycles. The van der Waals surface area contributed by atoms with Crippen LogP contribution in [-0.2, 0) is 0 Å². The summed E-state index contributed by atoms with van der Waals surface area (Å²) in [6.45, 7) is 0.492. The topological polar surface area (TPSA) is 106 Å². The predicted octanol–water partition coefficient (Wildman–Crippen LogP) is -0.633. The van der Waals surface area contributed by atoms with Gasteiger partial charge in [-0.05, 0) is 6.08 Å². The molecule has 0 saturated heterocycles. The van der Waals surface area contributed by atoms with E-state index in [-0.39, 0.29) is 24.5 Å². The van der Waals surface area contributed by atoms with Crippen molar-refractivity contribution in [2.75, 3.05) is 13.2 Å². The number of nitrogens with two attached hydrogens (primary N) is 1. The van der Waals surface area contributed by atoms with Gasteiger partial charge in [0.1, 0.15) is 11.7 Å². The van der Waals surface area contributed by atoms with Crippen LogP contribution in [0.2, 0.25) is 0 Å². The third kappa shape index (κ3) is 1.56. The van der Waals surface area contributed by atoms with Crippen LogP contribution in [0.15, 0.2) is 33.7 Å². The molecular weight excluding hydrogens is 234 g/mol. The number of guanidine groups is 1. The molecule has 0 aromatic rings. The van der Waals surface area contributed by atoms with Gasteiger partial charge in [0.05, 0.1) is 6.54 Å². The summed E-state index contributed by atoms with van der Waals surface area (Å²) in [5, 5.41) is 24.9. The van der Waals surface area contributed by atoms with E-state index >= 15 is 0 Å². The SMILES string of the molecule is NC1=NC2=C(CN1)N=C[N@+]2([O-])C1C=CC(CO)C1. The van der Waals surface area contributed by atoms with E-state index in [0.29, 0.717) is 24.5 Å². The maximum Gasteiger partial charge on any atom is 0.261 e. The third-order valence-corrected chi connectivity index (χ3v) is 3.51. The minimum Gasteiger partial charge on any atom is -0.620 e. The molecule has 0 bridgehead atoms. The van der Waals surface area contributed by atoms with Crippen molar-refractivity contribution < 1.29 is 9.75 Å². The first kappa shape index (κ1) is 11.4. The van der Waals surface area contributed by atoms with Crippen LogP contribution in [0.4, 0.5) is 0 Å². The van der Waals surface area contributed by atoms with Crippen LogP contribution in [0.5, 0.6) is 0 Å². The molecular formula is C11H15N5O2. The number of hydroxylamine groups is 3. The number of nitrogens with zero attached hydrogens (tertiary/aromatic N) is 3. The first-order valence-corrected chi connectivity index (χ1v) is 5.89. The van der Waals surface area contributed by atoms with Crippen molar-refractivity contribution in [1.29, 1.82) is 0 Å². The first-order chi connectivity index (χ1) is 8.63. The van der Waals surface area contributed by atoms with Gasteiger partial charge < -0.3 is 21.4 Å². The number of hydrogen-bond acceptors (Lipinski definition) is 6. The van der Waals surface area contributed by atoms with Crippen molar-refractivity contribution in [3.63, 3.8) is 0 Å². The van der Waals surface area contributed by atoms with E-state index in [2.05, 4.69) is 15.3 Å². The Labute approximate surface area is 104 Å². The maximum absolute atomic E-state index is 12.9. The fraction of sp³-hybridized carbons (Fsp3) is 0.455. The van der Waals surface area contributed by atoms with Crippen LogP contribution >= 0.6 is 0 Å². The van der Waals surface area contributed by atoms with Crippen molar-refractivity contribution in [1.82, 2.24) is 5.32 Å². The average Bonchev–Trinajstić information content (AvgIpc) is 2.96. The van der Waals surface area contributed by atoms with E-state index in [4.69, 9.17) is 10.8 Å². The lowest BCUT2D eigenvalue weighted by atomic mass is 10.1. The van der Waals surface area contributed by atoms with Crippen molar-refractivity contribution >= 4 is 12.3 Å². The summed E-state index contributed by atoms with van der Waals surface area (Å²) >= 11 is 0. The zero-order valence-corrected chi connectivity index (χ0v) is 9.78. The van der Waals surface area contributed by atoms with Crippen LogP contribution in [-0.4, -0.2) is 41.2 Å². The predicted molar refractivity (Wildman–Crippen MR) is 66.9 cm³/mol. The first-order valence-electron chi connectivity index (χ1n) is 5.89. The Bertz CT molecular complexity index is 496. The number of aliphatic imine (C=N–C) groups is 2. The van der Waals surface area contributed by atoms with E-state index in [1.165, 1.54) is 6.34 Å². The Kier molecular flexibility index (Phi) is 2.47. The van der Waals surface area contributed by atoms with Crippen LogP contribution in [0.25, 0.3) is 0 Å². The van der Waals surface area contributed by atoms with Crippen LogP contribution in [0, 0.1) is 11.1 Å². The quantitative estimate of drug-likeness (QED) is 0.344. The summed E-state index contributed by atoms with van der Waals surface area (Å²) in [4.78, 5) is 8.23. The van der Waals surface area contributed by atoms with Gasteiger partial charge in [-0.3, -0.25) is 4.65 Å². The zero-order chi connectivity index (χ0) is 12.8. The van der Waals surface area contributed by atoms with Gasteiger partial charge in [0.2, 0.25) is 0 Å². The smallest absolute Gasteiger partial charge is 0.261 e. The fourth-order valence-corrected chi connectivity index (χ4v) is 2.48. The van der Waals surface area contributed by atoms with Crippen molar-refractivity contribution in [2.24, 2.45) is 21.6 Å². The van der Waals surface area contributed by atoms with Gasteiger partial charge in [-0.2, -0.15) is 9.98 Å². The van der Waals surface area contributed by atoms with E-state index in [0.717, 1.165) is 0 Å². The number of quaternary nitrogens is 1. The molecule has 3 atom stereocenters. The van der Waals surface area contributed by atoms with Gasteiger partial charge in [0, 0.05) is 18.9 Å². The monoisotopic (exact) mass is 249 g/mol. The molecule has 96 valence electrons. The lowest BCUT2D eigenvalue weighted by molar-refractivity contribution is -0.761. The molecule has 0 fully saturated rings. The maximum atomic E-state index is 12.9. The number of aliphatic hydroxyl groups excluding tert-OH is 1. The molecule has 2 heterocycles. The molecule has 7 heteroatoms. The molecule has 0 spiro atoms. The van der Waals surface area contributed by atoms with Crippen LogP contribution in [0.3, 0.4) is 0 Å². The molecule has 0 radical (unpaired) electrons. The fourth-order valence-electron chi connectivity index (χ4n) is 2.48. The highest BCUT2D eigenvalue weighted by atomic mass is 16.6. The average molecular weight is 249 g/mol. The van der Waals surface area contributed by atoms with Gasteiger partial charge in [-0.15, -0.1) is 0 Å². The molecule has 0 saturated carbocycles. The molecule has 2 aliphatic heterocycles. The Morgan fingerprint density at radius 2 is 2.39 bits per heavy atom. The standard InChI is InChI=1S/C11H15N5O2/c12-11-13-4-9-10(15-11)16(18,6-14-9)8-2-1-7(3-8)5-17/h1-2,6-8,17H,3-5H2,(H3,12,13,15)/t7?,8?,16-/m0/s1. The highest BCUT2D eigenvalue weighted by Gasteiger charge is 2.41. The second-order valence-electron chi connectivity index (χ2n) is 4.71. The van der Waals surface area contributed by atoms with Gasteiger partial charge in [0.15, 0.2) is 12.3 Å². The van der Waals surface area contributed by atoms with Crippen LogP contribution in [0.1, 0.15) is 6.42 Å². The summed E-state index contributed by atoms with van der Waals surface area (Å²) in [7, 11) is 0. The van der Waals surface area contributed by atoms with Gasteiger partial charge in [-0.25, -0.2) is 0 Å². The molecule has 0 aromatic carbocycles. The molecule has 0 aromatic heterocycles. The second kappa shape index (κ2) is 3.91.